The Bertz CT molecular complexity index is 1040. The van der Waals surface area contributed by atoms with E-state index in [4.69, 9.17) is 0 Å². The number of rotatable bonds is 9. The highest BCUT2D eigenvalue weighted by Crippen LogP contribution is 2.22. The molecule has 3 aromatic rings. The molecule has 1 N–H and O–H groups in total. The van der Waals surface area contributed by atoms with Crippen LogP contribution in [0.2, 0.25) is 0 Å². The second-order valence-corrected chi connectivity index (χ2v) is 7.88. The normalized spacial score (nSPS) is 10.8. The van der Waals surface area contributed by atoms with Crippen LogP contribution in [0, 0.1) is 5.82 Å². The molecule has 3 rings (SSSR count). The molecule has 166 valence electrons. The first-order valence-electron chi connectivity index (χ1n) is 10.5. The lowest BCUT2D eigenvalue weighted by Gasteiger charge is -2.24. The van der Waals surface area contributed by atoms with Crippen LogP contribution in [0.1, 0.15) is 21.5 Å². The number of hydrogen-bond acceptors (Lipinski definition) is 3. The fourth-order valence-electron chi connectivity index (χ4n) is 3.29. The zero-order valence-electron chi connectivity index (χ0n) is 18.4. The van der Waals surface area contributed by atoms with Gasteiger partial charge in [0.05, 0.1) is 13.0 Å². The van der Waals surface area contributed by atoms with Gasteiger partial charge >= 0.3 is 0 Å². The molecule has 0 aliphatic heterocycles. The molecule has 0 saturated carbocycles. The fraction of sp³-hybridized carbons (Fsp3) is 0.231. The van der Waals surface area contributed by atoms with Gasteiger partial charge in [0.15, 0.2) is 0 Å². The van der Waals surface area contributed by atoms with Crippen molar-refractivity contribution in [3.05, 3.63) is 101 Å². The minimum absolute atomic E-state index is 0.0662. The van der Waals surface area contributed by atoms with Crippen LogP contribution in [0.3, 0.4) is 0 Å². The molecule has 0 aliphatic rings. The Balaban J connectivity index is 1.82. The number of halogens is 1. The summed E-state index contributed by atoms with van der Waals surface area (Å²) in [7, 11) is 3.91. The van der Waals surface area contributed by atoms with Crippen molar-refractivity contribution in [2.24, 2.45) is 0 Å². The molecule has 5 nitrogen and oxygen atoms in total. The molecule has 0 spiro atoms. The number of nitrogens with one attached hydrogen (secondary N) is 1. The first-order valence-corrected chi connectivity index (χ1v) is 10.5. The minimum Gasteiger partial charge on any atom is -0.355 e. The van der Waals surface area contributed by atoms with Gasteiger partial charge in [0.1, 0.15) is 5.82 Å². The fourth-order valence-corrected chi connectivity index (χ4v) is 3.29. The predicted molar refractivity (Wildman–Crippen MR) is 125 cm³/mol. The molecule has 0 saturated heterocycles. The van der Waals surface area contributed by atoms with Gasteiger partial charge in [0.2, 0.25) is 5.91 Å². The maximum Gasteiger partial charge on any atom is 0.258 e. The van der Waals surface area contributed by atoms with E-state index in [0.29, 0.717) is 17.8 Å². The highest BCUT2D eigenvalue weighted by molar-refractivity contribution is 6.06. The Morgan fingerprint density at radius 1 is 0.875 bits per heavy atom. The zero-order valence-corrected chi connectivity index (χ0v) is 18.4. The Hall–Kier alpha value is -3.51. The molecule has 0 fully saturated rings. The highest BCUT2D eigenvalue weighted by Gasteiger charge is 2.19. The molecule has 0 aliphatic carbocycles. The Labute approximate surface area is 188 Å². The van der Waals surface area contributed by atoms with Gasteiger partial charge in [0.25, 0.3) is 5.91 Å². The van der Waals surface area contributed by atoms with Crippen molar-refractivity contribution in [1.29, 1.82) is 0 Å². The van der Waals surface area contributed by atoms with Crippen molar-refractivity contribution in [3.8, 4) is 0 Å². The van der Waals surface area contributed by atoms with E-state index >= 15 is 0 Å². The summed E-state index contributed by atoms with van der Waals surface area (Å²) in [6, 6.07) is 22.5. The average molecular weight is 434 g/mol. The van der Waals surface area contributed by atoms with Crippen LogP contribution >= 0.6 is 0 Å². The van der Waals surface area contributed by atoms with Gasteiger partial charge in [-0.25, -0.2) is 4.39 Å². The van der Waals surface area contributed by atoms with Crippen LogP contribution in [-0.4, -0.2) is 43.9 Å². The third-order valence-electron chi connectivity index (χ3n) is 4.99. The molecule has 0 aromatic heterocycles. The summed E-state index contributed by atoms with van der Waals surface area (Å²) in [6.45, 7) is 1.63. The van der Waals surface area contributed by atoms with Gasteiger partial charge in [0, 0.05) is 24.3 Å². The summed E-state index contributed by atoms with van der Waals surface area (Å²) >= 11 is 0. The SMILES string of the molecule is CN(C)CCNC(=O)Cc1cccc(N(Cc2ccc(F)cc2)C(=O)c2ccccc2)c1. The molecule has 0 atom stereocenters. The molecular weight excluding hydrogens is 405 g/mol. The van der Waals surface area contributed by atoms with E-state index in [1.54, 1.807) is 29.2 Å². The Morgan fingerprint density at radius 3 is 2.28 bits per heavy atom. The number of carbonyl (C=O) groups is 2. The molecule has 0 unspecified atom stereocenters. The maximum absolute atomic E-state index is 13.4. The molecule has 0 heterocycles. The lowest BCUT2D eigenvalue weighted by atomic mass is 10.1. The molecule has 2 amide bonds. The van der Waals surface area contributed by atoms with Crippen LogP contribution in [0.25, 0.3) is 0 Å². The van der Waals surface area contributed by atoms with Crippen LogP contribution in [-0.2, 0) is 17.8 Å². The number of nitrogens with zero attached hydrogens (tertiary/aromatic N) is 2. The van der Waals surface area contributed by atoms with Gasteiger partial charge < -0.3 is 15.1 Å². The van der Waals surface area contributed by atoms with E-state index < -0.39 is 0 Å². The lowest BCUT2D eigenvalue weighted by molar-refractivity contribution is -0.120. The van der Waals surface area contributed by atoms with Gasteiger partial charge in [-0.2, -0.15) is 0 Å². The monoisotopic (exact) mass is 433 g/mol. The van der Waals surface area contributed by atoms with Crippen molar-refractivity contribution >= 4 is 17.5 Å². The number of likely N-dealkylation sites (N-methyl/N-ethyl adjacent to an activating group) is 1. The molecule has 32 heavy (non-hydrogen) atoms. The number of amides is 2. The smallest absolute Gasteiger partial charge is 0.258 e. The van der Waals surface area contributed by atoms with E-state index in [0.717, 1.165) is 17.7 Å². The Kier molecular flexibility index (Phi) is 8.11. The van der Waals surface area contributed by atoms with Gasteiger partial charge in [-0.15, -0.1) is 0 Å². The van der Waals surface area contributed by atoms with Gasteiger partial charge in [-0.1, -0.05) is 42.5 Å². The topological polar surface area (TPSA) is 52.7 Å². The van der Waals surface area contributed by atoms with Crippen molar-refractivity contribution in [3.63, 3.8) is 0 Å². The molecule has 6 heteroatoms. The van der Waals surface area contributed by atoms with Crippen molar-refractivity contribution in [2.45, 2.75) is 13.0 Å². The summed E-state index contributed by atoms with van der Waals surface area (Å²) in [6.07, 6.45) is 0.227. The molecule has 0 bridgehead atoms. The largest absolute Gasteiger partial charge is 0.355 e. The third-order valence-corrected chi connectivity index (χ3v) is 4.99. The first kappa shape index (κ1) is 23.2. The van der Waals surface area contributed by atoms with Crippen molar-refractivity contribution in [1.82, 2.24) is 10.2 Å². The van der Waals surface area contributed by atoms with Crippen molar-refractivity contribution in [2.75, 3.05) is 32.1 Å². The van der Waals surface area contributed by atoms with Crippen molar-refractivity contribution < 1.29 is 14.0 Å². The molecule has 3 aromatic carbocycles. The van der Waals surface area contributed by atoms with Crippen LogP contribution in [0.4, 0.5) is 10.1 Å². The molecule has 0 radical (unpaired) electrons. The quantitative estimate of drug-likeness (QED) is 0.557. The van der Waals surface area contributed by atoms with Crippen LogP contribution in [0.5, 0.6) is 0 Å². The second kappa shape index (κ2) is 11.2. The van der Waals surface area contributed by atoms with E-state index in [-0.39, 0.29) is 30.6 Å². The van der Waals surface area contributed by atoms with E-state index in [1.807, 2.05) is 61.5 Å². The summed E-state index contributed by atoms with van der Waals surface area (Å²) in [5, 5.41) is 2.91. The lowest BCUT2D eigenvalue weighted by Crippen LogP contribution is -2.32. The van der Waals surface area contributed by atoms with E-state index in [1.165, 1.54) is 12.1 Å². The predicted octanol–water partition coefficient (Wildman–Crippen LogP) is 3.89. The van der Waals surface area contributed by atoms with Crippen LogP contribution < -0.4 is 10.2 Å². The molecular formula is C26H28FN3O2. The maximum atomic E-state index is 13.4. The Morgan fingerprint density at radius 2 is 1.59 bits per heavy atom. The third kappa shape index (κ3) is 6.75. The van der Waals surface area contributed by atoms with E-state index in [9.17, 15) is 14.0 Å². The zero-order chi connectivity index (χ0) is 22.9. The summed E-state index contributed by atoms with van der Waals surface area (Å²) in [5.41, 5.74) is 2.86. The number of benzene rings is 3. The summed E-state index contributed by atoms with van der Waals surface area (Å²) < 4.78 is 13.4. The van der Waals surface area contributed by atoms with Gasteiger partial charge in [-0.05, 0) is 61.6 Å². The highest BCUT2D eigenvalue weighted by atomic mass is 19.1. The minimum atomic E-state index is -0.322. The number of hydrogen-bond donors (Lipinski definition) is 1. The standard InChI is InChI=1S/C26H28FN3O2/c1-29(2)16-15-28-25(31)18-21-7-6-10-24(17-21)30(19-20-11-13-23(27)14-12-20)26(32)22-8-4-3-5-9-22/h3-14,17H,15-16,18-19H2,1-2H3,(H,28,31). The van der Waals surface area contributed by atoms with Crippen LogP contribution in [0.15, 0.2) is 78.9 Å². The summed E-state index contributed by atoms with van der Waals surface area (Å²) in [4.78, 5) is 29.3. The number of anilines is 1. The van der Waals surface area contributed by atoms with E-state index in [2.05, 4.69) is 5.32 Å². The summed E-state index contributed by atoms with van der Waals surface area (Å²) in [5.74, 6) is -0.553. The number of carbonyl (C=O) groups excluding carboxylic acids is 2. The average Bonchev–Trinajstić information content (AvgIpc) is 2.79. The second-order valence-electron chi connectivity index (χ2n) is 7.88. The van der Waals surface area contributed by atoms with Gasteiger partial charge in [-0.3, -0.25) is 9.59 Å². The first-order chi connectivity index (χ1) is 15.4.